The molecule has 14 heavy (non-hydrogen) atoms. The molecule has 0 aliphatic rings. The number of carbonyl (C=O) groups excluding carboxylic acids is 1. The number of amides is 1. The van der Waals surface area contributed by atoms with Crippen LogP contribution in [0.4, 0.5) is 0 Å². The van der Waals surface area contributed by atoms with Crippen molar-refractivity contribution in [1.29, 1.82) is 0 Å². The van der Waals surface area contributed by atoms with E-state index in [4.69, 9.17) is 10.5 Å². The smallest absolute Gasteiger partial charge is 0.325 e. The molecule has 1 amide bonds. The number of rotatable bonds is 4. The minimum Gasteiger partial charge on any atom is -0.497 e. The lowest BCUT2D eigenvalue weighted by Crippen LogP contribution is -2.65. The van der Waals surface area contributed by atoms with Crippen molar-refractivity contribution in [3.63, 3.8) is 0 Å². The molecule has 0 aromatic heterocycles. The first-order valence-electron chi connectivity index (χ1n) is 4.38. The van der Waals surface area contributed by atoms with Crippen LogP contribution in [0, 0.1) is 0 Å². The molecule has 0 aliphatic heterocycles. The number of methoxy groups -OCH3 is 1. The summed E-state index contributed by atoms with van der Waals surface area (Å²) in [6.45, 7) is 0. The van der Waals surface area contributed by atoms with Crippen LogP contribution in [-0.4, -0.2) is 19.1 Å². The summed E-state index contributed by atoms with van der Waals surface area (Å²) in [6.07, 6.45) is 0.520. The van der Waals surface area contributed by atoms with Crippen LogP contribution in [0.15, 0.2) is 24.3 Å². The summed E-state index contributed by atoms with van der Waals surface area (Å²) in [4.78, 5) is 10.8. The van der Waals surface area contributed by atoms with Crippen molar-refractivity contribution in [2.45, 2.75) is 12.5 Å². The Morgan fingerprint density at radius 2 is 2.07 bits per heavy atom. The molecule has 1 aromatic rings. The van der Waals surface area contributed by atoms with Gasteiger partial charge >= 0.3 is 5.91 Å². The highest BCUT2D eigenvalue weighted by Gasteiger charge is 2.12. The molecule has 4 nitrogen and oxygen atoms in total. The molecule has 5 N–H and O–H groups in total. The van der Waals surface area contributed by atoms with Crippen LogP contribution in [0.25, 0.3) is 0 Å². The molecule has 0 radical (unpaired) electrons. The van der Waals surface area contributed by atoms with Gasteiger partial charge in [0.15, 0.2) is 0 Å². The van der Waals surface area contributed by atoms with Gasteiger partial charge in [0.05, 0.1) is 7.11 Å². The molecule has 1 unspecified atom stereocenters. The van der Waals surface area contributed by atoms with E-state index < -0.39 is 6.04 Å². The molecule has 0 saturated carbocycles. The van der Waals surface area contributed by atoms with Gasteiger partial charge in [-0.15, -0.1) is 0 Å². The fourth-order valence-corrected chi connectivity index (χ4v) is 1.13. The Hall–Kier alpha value is -1.39. The molecule has 0 bridgehead atoms. The highest BCUT2D eigenvalue weighted by molar-refractivity contribution is 5.71. The van der Waals surface area contributed by atoms with E-state index in [0.717, 1.165) is 11.3 Å². The van der Waals surface area contributed by atoms with Gasteiger partial charge in [-0.3, -0.25) is 5.73 Å². The van der Waals surface area contributed by atoms with E-state index in [-0.39, 0.29) is 5.91 Å². The summed E-state index contributed by atoms with van der Waals surface area (Å²) in [6, 6.07) is 6.96. The Kier molecular flexibility index (Phi) is 3.62. The molecule has 0 heterocycles. The maximum Gasteiger partial charge on any atom is 0.325 e. The Balaban J connectivity index is 2.64. The van der Waals surface area contributed by atoms with Crippen molar-refractivity contribution in [2.75, 3.05) is 7.11 Å². The standard InChI is InChI=1S/C10H14N2O2/c1-14-8-4-2-7(3-5-8)6-9(11)10(12)13/h2-5,9H,6,11H2,1H3,(H2,12,13)/p+1. The second-order valence-electron chi connectivity index (χ2n) is 3.13. The third kappa shape index (κ3) is 2.83. The predicted molar refractivity (Wildman–Crippen MR) is 52.6 cm³/mol. The number of hydrogen-bond acceptors (Lipinski definition) is 3. The van der Waals surface area contributed by atoms with Gasteiger partial charge in [-0.2, -0.15) is 0 Å². The number of carbonyl (C=O) groups is 1. The lowest BCUT2D eigenvalue weighted by atomic mass is 10.1. The van der Waals surface area contributed by atoms with Gasteiger partial charge in [0.25, 0.3) is 0 Å². The van der Waals surface area contributed by atoms with Gasteiger partial charge in [0.2, 0.25) is 0 Å². The lowest BCUT2D eigenvalue weighted by molar-refractivity contribution is -0.307. The summed E-state index contributed by atoms with van der Waals surface area (Å²) in [5, 5.41) is 0. The Bertz CT molecular complexity index is 308. The fraction of sp³-hybridized carbons (Fsp3) is 0.300. The highest BCUT2D eigenvalue weighted by atomic mass is 16.5. The molecule has 0 spiro atoms. The number of benzene rings is 1. The summed E-state index contributed by atoms with van der Waals surface area (Å²) >= 11 is 0. The quantitative estimate of drug-likeness (QED) is 0.669. The molecular formula is C10H15N2O2+. The number of quaternary nitrogens is 1. The van der Waals surface area contributed by atoms with Crippen LogP contribution in [0.1, 0.15) is 5.56 Å². The third-order valence-corrected chi connectivity index (χ3v) is 2.03. The monoisotopic (exact) mass is 195 g/mol. The van der Waals surface area contributed by atoms with Crippen LogP contribution in [0.5, 0.6) is 5.75 Å². The first kappa shape index (κ1) is 10.7. The Labute approximate surface area is 82.8 Å². The van der Waals surface area contributed by atoms with Gasteiger partial charge in [-0.25, -0.2) is 4.79 Å². The minimum absolute atomic E-state index is 0.235. The molecular weight excluding hydrogens is 180 g/mol. The van der Waals surface area contributed by atoms with Crippen LogP contribution >= 0.6 is 0 Å². The van der Waals surface area contributed by atoms with E-state index in [2.05, 4.69) is 5.73 Å². The van der Waals surface area contributed by atoms with Crippen molar-refractivity contribution >= 4 is 5.91 Å². The van der Waals surface area contributed by atoms with E-state index in [9.17, 15) is 4.79 Å². The molecule has 0 fully saturated rings. The van der Waals surface area contributed by atoms with Gasteiger partial charge < -0.3 is 10.5 Å². The molecule has 1 atom stereocenters. The number of nitrogens with two attached hydrogens (primary N) is 1. The van der Waals surface area contributed by atoms with Gasteiger partial charge in [0.1, 0.15) is 11.8 Å². The first-order valence-corrected chi connectivity index (χ1v) is 4.38. The fourth-order valence-electron chi connectivity index (χ4n) is 1.13. The number of ether oxygens (including phenoxy) is 1. The van der Waals surface area contributed by atoms with Crippen LogP contribution in [-0.2, 0) is 11.2 Å². The van der Waals surface area contributed by atoms with Gasteiger partial charge in [0, 0.05) is 6.42 Å². The molecule has 76 valence electrons. The van der Waals surface area contributed by atoms with Crippen LogP contribution in [0.2, 0.25) is 0 Å². The van der Waals surface area contributed by atoms with Crippen LogP contribution in [0.3, 0.4) is 0 Å². The maximum absolute atomic E-state index is 10.8. The third-order valence-electron chi connectivity index (χ3n) is 2.03. The van der Waals surface area contributed by atoms with E-state index in [1.54, 1.807) is 7.11 Å². The van der Waals surface area contributed by atoms with Crippen molar-refractivity contribution in [3.05, 3.63) is 29.8 Å². The second kappa shape index (κ2) is 4.74. The summed E-state index contributed by atoms with van der Waals surface area (Å²) in [5.74, 6) is 0.559. The summed E-state index contributed by atoms with van der Waals surface area (Å²) in [7, 11) is 1.61. The van der Waals surface area contributed by atoms with Gasteiger partial charge in [-0.1, -0.05) is 12.1 Å². The molecule has 4 heteroatoms. The first-order chi connectivity index (χ1) is 6.63. The summed E-state index contributed by atoms with van der Waals surface area (Å²) in [5.41, 5.74) is 9.86. The predicted octanol–water partition coefficient (Wildman–Crippen LogP) is -0.666. The number of hydrogen-bond donors (Lipinski definition) is 2. The molecule has 0 saturated heterocycles. The molecule has 1 rings (SSSR count). The maximum atomic E-state index is 10.8. The Morgan fingerprint density at radius 3 is 2.50 bits per heavy atom. The average Bonchev–Trinajstić information content (AvgIpc) is 2.19. The second-order valence-corrected chi connectivity index (χ2v) is 3.13. The normalized spacial score (nSPS) is 12.2. The average molecular weight is 195 g/mol. The van der Waals surface area contributed by atoms with Crippen molar-refractivity contribution in [2.24, 2.45) is 5.73 Å². The van der Waals surface area contributed by atoms with Crippen molar-refractivity contribution in [1.82, 2.24) is 0 Å². The van der Waals surface area contributed by atoms with E-state index >= 15 is 0 Å². The van der Waals surface area contributed by atoms with E-state index in [0.29, 0.717) is 6.42 Å². The van der Waals surface area contributed by atoms with E-state index in [1.165, 1.54) is 0 Å². The van der Waals surface area contributed by atoms with Crippen molar-refractivity contribution < 1.29 is 15.3 Å². The zero-order valence-electron chi connectivity index (χ0n) is 8.19. The topological polar surface area (TPSA) is 80.0 Å². The Morgan fingerprint density at radius 1 is 1.50 bits per heavy atom. The molecule has 0 aliphatic carbocycles. The summed E-state index contributed by atoms with van der Waals surface area (Å²) < 4.78 is 5.01. The van der Waals surface area contributed by atoms with Crippen LogP contribution < -0.4 is 16.2 Å². The lowest BCUT2D eigenvalue weighted by Gasteiger charge is -2.05. The largest absolute Gasteiger partial charge is 0.497 e. The zero-order chi connectivity index (χ0) is 10.6. The zero-order valence-corrected chi connectivity index (χ0v) is 8.19. The SMILES string of the molecule is COc1ccc(CC(N)C([NH3+])=O)cc1. The van der Waals surface area contributed by atoms with E-state index in [1.807, 2.05) is 24.3 Å². The highest BCUT2D eigenvalue weighted by Crippen LogP contribution is 2.11. The minimum atomic E-state index is -0.511. The van der Waals surface area contributed by atoms with Crippen molar-refractivity contribution in [3.8, 4) is 5.75 Å². The van der Waals surface area contributed by atoms with Gasteiger partial charge in [-0.05, 0) is 17.7 Å². The molecule has 1 aromatic carbocycles.